The summed E-state index contributed by atoms with van der Waals surface area (Å²) in [6.45, 7) is 0.414. The Bertz CT molecular complexity index is 1360. The van der Waals surface area contributed by atoms with E-state index in [0.717, 1.165) is 5.39 Å². The van der Waals surface area contributed by atoms with Gasteiger partial charge in [-0.05, 0) is 23.8 Å². The minimum Gasteiger partial charge on any atom is -0.380 e. The van der Waals surface area contributed by atoms with E-state index in [0.29, 0.717) is 22.6 Å². The molecule has 154 valence electrons. The summed E-state index contributed by atoms with van der Waals surface area (Å²) in [5.41, 5.74) is 0.689. The van der Waals surface area contributed by atoms with Crippen LogP contribution in [0.2, 0.25) is 0 Å². The van der Waals surface area contributed by atoms with Gasteiger partial charge in [0.05, 0.1) is 43.0 Å². The molecule has 4 heterocycles. The van der Waals surface area contributed by atoms with Crippen molar-refractivity contribution in [2.45, 2.75) is 10.5 Å². The van der Waals surface area contributed by atoms with Crippen molar-refractivity contribution in [1.82, 2.24) is 24.5 Å². The van der Waals surface area contributed by atoms with Gasteiger partial charge >= 0.3 is 0 Å². The molecule has 0 unspecified atom stereocenters. The average Bonchev–Trinajstić information content (AvgIpc) is 3.35. The second-order valence-corrected chi connectivity index (χ2v) is 8.85. The Kier molecular flexibility index (Phi) is 4.13. The summed E-state index contributed by atoms with van der Waals surface area (Å²) in [6, 6.07) is 8.66. The van der Waals surface area contributed by atoms with Gasteiger partial charge < -0.3 is 9.84 Å². The number of rotatable bonds is 5. The van der Waals surface area contributed by atoms with Gasteiger partial charge in [-0.15, -0.1) is 0 Å². The van der Waals surface area contributed by atoms with Crippen molar-refractivity contribution in [3.05, 3.63) is 60.7 Å². The summed E-state index contributed by atoms with van der Waals surface area (Å²) >= 11 is 0. The maximum Gasteiger partial charge on any atom is 0.265 e. The first-order chi connectivity index (χ1) is 14.4. The molecule has 0 saturated carbocycles. The van der Waals surface area contributed by atoms with Crippen molar-refractivity contribution in [2.24, 2.45) is 7.05 Å². The summed E-state index contributed by atoms with van der Waals surface area (Å²) in [5.74, 6) is 0.392. The van der Waals surface area contributed by atoms with Gasteiger partial charge in [0.1, 0.15) is 10.5 Å². The monoisotopic (exact) mass is 426 g/mol. The third-order valence-electron chi connectivity index (χ3n) is 5.07. The summed E-state index contributed by atoms with van der Waals surface area (Å²) in [6.07, 6.45) is 5.84. The molecule has 0 aliphatic carbocycles. The Morgan fingerprint density at radius 2 is 2.03 bits per heavy atom. The van der Waals surface area contributed by atoms with Gasteiger partial charge in [0.2, 0.25) is 0 Å². The predicted octanol–water partition coefficient (Wildman–Crippen LogP) is 1.17. The molecule has 1 fully saturated rings. The van der Waals surface area contributed by atoms with Crippen molar-refractivity contribution in [3.8, 4) is 5.82 Å². The minimum atomic E-state index is -3.89. The van der Waals surface area contributed by atoms with Gasteiger partial charge in [-0.3, -0.25) is 9.40 Å². The van der Waals surface area contributed by atoms with Crippen molar-refractivity contribution in [3.63, 3.8) is 0 Å². The minimum absolute atomic E-state index is 0.0143. The van der Waals surface area contributed by atoms with Crippen LogP contribution in [0.1, 0.15) is 5.56 Å². The second kappa shape index (κ2) is 6.62. The standard InChI is InChI=1S/C19H18N6O4S/c1-24-18-13(8-21-24)3-2-4-16(18)23-30(27,28)15-9-22-25(10-15)17-7-14(5-6-20-17)19(26)11-29-12-19/h2-10,23,26H,11-12H2,1H3. The quantitative estimate of drug-likeness (QED) is 0.491. The summed E-state index contributed by atoms with van der Waals surface area (Å²) in [4.78, 5) is 4.21. The van der Waals surface area contributed by atoms with E-state index in [2.05, 4.69) is 19.9 Å². The highest BCUT2D eigenvalue weighted by Gasteiger charge is 2.38. The zero-order valence-electron chi connectivity index (χ0n) is 15.9. The molecule has 0 atom stereocenters. The highest BCUT2D eigenvalue weighted by Crippen LogP contribution is 2.30. The highest BCUT2D eigenvalue weighted by atomic mass is 32.2. The van der Waals surface area contributed by atoms with Gasteiger partial charge in [0, 0.05) is 18.6 Å². The van der Waals surface area contributed by atoms with E-state index < -0.39 is 15.6 Å². The molecule has 3 aromatic heterocycles. The predicted molar refractivity (Wildman–Crippen MR) is 108 cm³/mol. The molecule has 4 aromatic rings. The van der Waals surface area contributed by atoms with E-state index >= 15 is 0 Å². The lowest BCUT2D eigenvalue weighted by atomic mass is 9.93. The number of nitrogens with one attached hydrogen (secondary N) is 1. The Hall–Kier alpha value is -3.28. The Labute approximate surface area is 171 Å². The number of aliphatic hydroxyl groups is 1. The van der Waals surface area contributed by atoms with Gasteiger partial charge in [0.25, 0.3) is 10.0 Å². The summed E-state index contributed by atoms with van der Waals surface area (Å²) in [5, 5.41) is 19.6. The molecule has 1 aliphatic rings. The largest absolute Gasteiger partial charge is 0.380 e. The van der Waals surface area contributed by atoms with Crippen LogP contribution in [0.15, 0.2) is 60.0 Å². The molecule has 1 aliphatic heterocycles. The maximum atomic E-state index is 12.9. The number of aryl methyl sites for hydroxylation is 1. The number of hydrogen-bond donors (Lipinski definition) is 2. The first kappa shape index (κ1) is 18.7. The highest BCUT2D eigenvalue weighted by molar-refractivity contribution is 7.92. The van der Waals surface area contributed by atoms with Gasteiger partial charge in [-0.2, -0.15) is 10.2 Å². The lowest BCUT2D eigenvalue weighted by Crippen LogP contribution is -2.46. The molecule has 10 nitrogen and oxygen atoms in total. The number of nitrogens with zero attached hydrogens (tertiary/aromatic N) is 5. The van der Waals surface area contributed by atoms with Crippen molar-refractivity contribution >= 4 is 26.6 Å². The fraction of sp³-hybridized carbons (Fsp3) is 0.211. The van der Waals surface area contributed by atoms with E-state index in [1.54, 1.807) is 42.2 Å². The van der Waals surface area contributed by atoms with Crippen molar-refractivity contribution in [2.75, 3.05) is 17.9 Å². The zero-order valence-corrected chi connectivity index (χ0v) is 16.7. The first-order valence-electron chi connectivity index (χ1n) is 9.11. The van der Waals surface area contributed by atoms with Crippen molar-refractivity contribution in [1.29, 1.82) is 0 Å². The maximum absolute atomic E-state index is 12.9. The SMILES string of the molecule is Cn1ncc2cccc(NS(=O)(=O)c3cnn(-c4cc(C5(O)COC5)ccn4)c3)c21. The molecule has 0 radical (unpaired) electrons. The molecule has 5 rings (SSSR count). The van der Waals surface area contributed by atoms with Crippen molar-refractivity contribution < 1.29 is 18.3 Å². The van der Waals surface area contributed by atoms with Gasteiger partial charge in [-0.1, -0.05) is 12.1 Å². The third kappa shape index (κ3) is 3.03. The second-order valence-electron chi connectivity index (χ2n) is 7.16. The van der Waals surface area contributed by atoms with Gasteiger partial charge in [-0.25, -0.2) is 18.1 Å². The number of aromatic nitrogens is 5. The van der Waals surface area contributed by atoms with E-state index in [-0.39, 0.29) is 18.1 Å². The molecule has 0 bridgehead atoms. The molecule has 0 amide bonds. The molecular formula is C19H18N6O4S. The number of para-hydroxylation sites is 1. The number of hydrogen-bond acceptors (Lipinski definition) is 7. The normalized spacial score (nSPS) is 15.8. The van der Waals surface area contributed by atoms with Gasteiger partial charge in [0.15, 0.2) is 5.82 Å². The number of fused-ring (bicyclic) bond motifs is 1. The number of sulfonamides is 1. The lowest BCUT2D eigenvalue weighted by Gasteiger charge is -2.36. The molecule has 2 N–H and O–H groups in total. The fourth-order valence-corrected chi connectivity index (χ4v) is 4.38. The van der Waals surface area contributed by atoms with Crippen LogP contribution in [0, 0.1) is 0 Å². The average molecular weight is 426 g/mol. The van der Waals surface area contributed by atoms with E-state index in [1.165, 1.54) is 23.3 Å². The van der Waals surface area contributed by atoms with Crippen LogP contribution >= 0.6 is 0 Å². The Morgan fingerprint density at radius 3 is 2.80 bits per heavy atom. The molecule has 30 heavy (non-hydrogen) atoms. The smallest absolute Gasteiger partial charge is 0.265 e. The van der Waals surface area contributed by atoms with Crippen LogP contribution in [0.25, 0.3) is 16.7 Å². The van der Waals surface area contributed by atoms with Crippen LogP contribution in [-0.2, 0) is 27.4 Å². The molecule has 1 aromatic carbocycles. The first-order valence-corrected chi connectivity index (χ1v) is 10.6. The summed E-state index contributed by atoms with van der Waals surface area (Å²) in [7, 11) is -2.14. The molecule has 1 saturated heterocycles. The lowest BCUT2D eigenvalue weighted by molar-refractivity contribution is -0.184. The van der Waals surface area contributed by atoms with Crippen LogP contribution in [0.4, 0.5) is 5.69 Å². The Morgan fingerprint density at radius 1 is 1.20 bits per heavy atom. The van der Waals surface area contributed by atoms with E-state index in [1.807, 2.05) is 6.07 Å². The van der Waals surface area contributed by atoms with Crippen LogP contribution in [0.3, 0.4) is 0 Å². The van der Waals surface area contributed by atoms with E-state index in [9.17, 15) is 13.5 Å². The topological polar surface area (TPSA) is 124 Å². The molecule has 11 heteroatoms. The third-order valence-corrected chi connectivity index (χ3v) is 6.39. The van der Waals surface area contributed by atoms with Crippen LogP contribution in [0.5, 0.6) is 0 Å². The number of benzene rings is 1. The zero-order chi connectivity index (χ0) is 20.9. The molecular weight excluding hydrogens is 408 g/mol. The summed E-state index contributed by atoms with van der Waals surface area (Å²) < 4.78 is 36.5. The fourth-order valence-electron chi connectivity index (χ4n) is 3.38. The van der Waals surface area contributed by atoms with Crippen LogP contribution in [-0.4, -0.2) is 51.3 Å². The Balaban J connectivity index is 1.46. The van der Waals surface area contributed by atoms with Crippen LogP contribution < -0.4 is 4.72 Å². The molecule has 0 spiro atoms. The number of ether oxygens (including phenoxy) is 1. The number of pyridine rings is 1. The number of anilines is 1. The van der Waals surface area contributed by atoms with E-state index in [4.69, 9.17) is 4.74 Å².